The summed E-state index contributed by atoms with van der Waals surface area (Å²) in [4.78, 5) is 5.06. The Morgan fingerprint density at radius 2 is 1.38 bits per heavy atom. The Balaban J connectivity index is 1.21. The third-order valence-electron chi connectivity index (χ3n) is 6.79. The van der Waals surface area contributed by atoms with Gasteiger partial charge in [0, 0.05) is 47.6 Å². The van der Waals surface area contributed by atoms with Crippen LogP contribution in [0.25, 0.3) is 5.69 Å². The van der Waals surface area contributed by atoms with Gasteiger partial charge in [-0.15, -0.1) is 0 Å². The molecule has 4 nitrogen and oxygen atoms in total. The van der Waals surface area contributed by atoms with Crippen molar-refractivity contribution >= 4 is 28.9 Å². The molecule has 6 heteroatoms. The molecule has 1 saturated heterocycles. The van der Waals surface area contributed by atoms with E-state index in [2.05, 4.69) is 38.7 Å². The van der Waals surface area contributed by atoms with Crippen molar-refractivity contribution in [2.45, 2.75) is 38.5 Å². The lowest BCUT2D eigenvalue weighted by atomic mass is 9.94. The lowest BCUT2D eigenvalue weighted by Crippen LogP contribution is -2.46. The van der Waals surface area contributed by atoms with Crippen LogP contribution in [0, 0.1) is 0 Å². The summed E-state index contributed by atoms with van der Waals surface area (Å²) >= 11 is 12.2. The molecule has 5 rings (SSSR count). The van der Waals surface area contributed by atoms with Gasteiger partial charge < -0.3 is 4.90 Å². The van der Waals surface area contributed by atoms with Gasteiger partial charge in [-0.2, -0.15) is 5.10 Å². The van der Waals surface area contributed by atoms with Crippen LogP contribution in [0.5, 0.6) is 0 Å². The first-order valence-corrected chi connectivity index (χ1v) is 12.5. The minimum atomic E-state index is 0.768. The van der Waals surface area contributed by atoms with E-state index < -0.39 is 0 Å². The van der Waals surface area contributed by atoms with Gasteiger partial charge in [0.1, 0.15) is 0 Å². The zero-order chi connectivity index (χ0) is 21.9. The maximum atomic E-state index is 6.12. The third kappa shape index (κ3) is 4.83. The van der Waals surface area contributed by atoms with Crippen LogP contribution < -0.4 is 4.90 Å². The summed E-state index contributed by atoms with van der Waals surface area (Å²) in [6, 6.07) is 16.3. The van der Waals surface area contributed by atoms with E-state index in [1.54, 1.807) is 0 Å². The van der Waals surface area contributed by atoms with E-state index in [-0.39, 0.29) is 0 Å². The molecule has 0 radical (unpaired) electrons. The van der Waals surface area contributed by atoms with E-state index >= 15 is 0 Å². The minimum absolute atomic E-state index is 0.768. The molecule has 0 amide bonds. The molecule has 0 unspecified atom stereocenters. The molecule has 0 atom stereocenters. The summed E-state index contributed by atoms with van der Waals surface area (Å²) in [6.45, 7) is 5.49. The topological polar surface area (TPSA) is 24.3 Å². The number of fused-ring (bicyclic) bond motifs is 1. The van der Waals surface area contributed by atoms with E-state index in [9.17, 15) is 0 Å². The van der Waals surface area contributed by atoms with Crippen LogP contribution in [0.4, 0.5) is 5.69 Å². The van der Waals surface area contributed by atoms with Gasteiger partial charge in [0.25, 0.3) is 0 Å². The summed E-state index contributed by atoms with van der Waals surface area (Å²) in [5.74, 6) is 0. The Morgan fingerprint density at radius 1 is 0.750 bits per heavy atom. The van der Waals surface area contributed by atoms with Crippen LogP contribution in [-0.2, 0) is 19.3 Å². The number of hydrogen-bond donors (Lipinski definition) is 0. The SMILES string of the molecule is Clc1ccc(N2CCN(CCCc3c4c(nn3-c3ccc(Cl)cc3)CCCC4)CC2)cc1. The van der Waals surface area contributed by atoms with E-state index in [4.69, 9.17) is 28.3 Å². The Labute approximate surface area is 200 Å². The summed E-state index contributed by atoms with van der Waals surface area (Å²) in [5.41, 5.74) is 6.60. The highest BCUT2D eigenvalue weighted by atomic mass is 35.5. The zero-order valence-corrected chi connectivity index (χ0v) is 20.0. The van der Waals surface area contributed by atoms with Crippen molar-refractivity contribution in [3.63, 3.8) is 0 Å². The maximum Gasteiger partial charge on any atom is 0.0663 e. The van der Waals surface area contributed by atoms with Gasteiger partial charge in [-0.05, 0) is 99.2 Å². The zero-order valence-electron chi connectivity index (χ0n) is 18.4. The fourth-order valence-corrected chi connectivity index (χ4v) is 5.28. The maximum absolute atomic E-state index is 6.12. The average molecular weight is 469 g/mol. The van der Waals surface area contributed by atoms with E-state index in [0.717, 1.165) is 74.1 Å². The predicted molar refractivity (Wildman–Crippen MR) is 134 cm³/mol. The fourth-order valence-electron chi connectivity index (χ4n) is 5.02. The van der Waals surface area contributed by atoms with Crippen LogP contribution in [-0.4, -0.2) is 47.4 Å². The quantitative estimate of drug-likeness (QED) is 0.455. The second kappa shape index (κ2) is 9.86. The molecule has 0 bridgehead atoms. The van der Waals surface area contributed by atoms with Crippen molar-refractivity contribution in [3.05, 3.63) is 75.5 Å². The largest absolute Gasteiger partial charge is 0.369 e. The highest BCUT2D eigenvalue weighted by molar-refractivity contribution is 6.30. The number of halogens is 2. The lowest BCUT2D eigenvalue weighted by Gasteiger charge is -2.36. The Hall–Kier alpha value is -2.01. The van der Waals surface area contributed by atoms with Gasteiger partial charge in [0.2, 0.25) is 0 Å². The molecule has 3 aromatic rings. The smallest absolute Gasteiger partial charge is 0.0663 e. The van der Waals surface area contributed by atoms with Gasteiger partial charge >= 0.3 is 0 Å². The number of aryl methyl sites for hydroxylation is 1. The molecule has 168 valence electrons. The van der Waals surface area contributed by atoms with Crippen LogP contribution >= 0.6 is 23.2 Å². The summed E-state index contributed by atoms with van der Waals surface area (Å²) in [5, 5.41) is 6.58. The number of aromatic nitrogens is 2. The fraction of sp³-hybridized carbons (Fsp3) is 0.423. The van der Waals surface area contributed by atoms with Crippen molar-refractivity contribution in [1.82, 2.24) is 14.7 Å². The molecule has 0 spiro atoms. The highest BCUT2D eigenvalue weighted by Gasteiger charge is 2.22. The molecule has 2 aromatic carbocycles. The average Bonchev–Trinajstić information content (AvgIpc) is 3.19. The molecule has 1 aliphatic carbocycles. The van der Waals surface area contributed by atoms with E-state index in [0.29, 0.717) is 0 Å². The van der Waals surface area contributed by atoms with Crippen LogP contribution in [0.1, 0.15) is 36.2 Å². The summed E-state index contributed by atoms with van der Waals surface area (Å²) in [7, 11) is 0. The molecule has 0 saturated carbocycles. The molecule has 1 fully saturated rings. The molecular weight excluding hydrogens is 439 g/mol. The minimum Gasteiger partial charge on any atom is -0.369 e. The lowest BCUT2D eigenvalue weighted by molar-refractivity contribution is 0.254. The number of nitrogens with zero attached hydrogens (tertiary/aromatic N) is 4. The molecule has 32 heavy (non-hydrogen) atoms. The number of hydrogen-bond acceptors (Lipinski definition) is 3. The highest BCUT2D eigenvalue weighted by Crippen LogP contribution is 2.28. The molecule has 2 heterocycles. The van der Waals surface area contributed by atoms with Crippen molar-refractivity contribution in [1.29, 1.82) is 0 Å². The van der Waals surface area contributed by atoms with Gasteiger partial charge in [-0.3, -0.25) is 4.90 Å². The summed E-state index contributed by atoms with van der Waals surface area (Å²) < 4.78 is 2.19. The van der Waals surface area contributed by atoms with E-state index in [1.807, 2.05) is 24.3 Å². The standard InChI is InChI=1S/C26H30Cl2N4/c27-20-7-11-22(12-8-20)31-18-16-30(17-19-31)15-3-6-26-24-4-1-2-5-25(24)29-32(26)23-13-9-21(28)10-14-23/h7-14H,1-6,15-19H2. The molecule has 1 aromatic heterocycles. The first-order valence-electron chi connectivity index (χ1n) is 11.8. The number of rotatable bonds is 6. The van der Waals surface area contributed by atoms with Crippen molar-refractivity contribution in [2.75, 3.05) is 37.6 Å². The normalized spacial score (nSPS) is 16.9. The van der Waals surface area contributed by atoms with Crippen LogP contribution in [0.3, 0.4) is 0 Å². The van der Waals surface area contributed by atoms with Crippen molar-refractivity contribution < 1.29 is 0 Å². The monoisotopic (exact) mass is 468 g/mol. The molecule has 0 N–H and O–H groups in total. The van der Waals surface area contributed by atoms with Crippen LogP contribution in [0.15, 0.2) is 48.5 Å². The Kier molecular flexibility index (Phi) is 6.72. The number of anilines is 1. The first-order chi connectivity index (χ1) is 15.7. The molecular formula is C26H30Cl2N4. The summed E-state index contributed by atoms with van der Waals surface area (Å²) in [6.07, 6.45) is 7.03. The van der Waals surface area contributed by atoms with E-state index in [1.165, 1.54) is 35.5 Å². The number of piperazine rings is 1. The Morgan fingerprint density at radius 3 is 2.06 bits per heavy atom. The van der Waals surface area contributed by atoms with Gasteiger partial charge in [0.05, 0.1) is 11.4 Å². The second-order valence-corrected chi connectivity index (χ2v) is 9.75. The Bertz CT molecular complexity index is 1030. The predicted octanol–water partition coefficient (Wildman–Crippen LogP) is 5.81. The second-order valence-electron chi connectivity index (χ2n) is 8.88. The van der Waals surface area contributed by atoms with Gasteiger partial charge in [-0.25, -0.2) is 4.68 Å². The molecule has 1 aliphatic heterocycles. The first kappa shape index (κ1) is 21.8. The number of benzene rings is 2. The van der Waals surface area contributed by atoms with Crippen molar-refractivity contribution in [3.8, 4) is 5.69 Å². The molecule has 2 aliphatic rings. The van der Waals surface area contributed by atoms with Crippen LogP contribution in [0.2, 0.25) is 10.0 Å². The van der Waals surface area contributed by atoms with Crippen molar-refractivity contribution in [2.24, 2.45) is 0 Å². The third-order valence-corrected chi connectivity index (χ3v) is 7.29. The van der Waals surface area contributed by atoms with Gasteiger partial charge in [-0.1, -0.05) is 23.2 Å². The van der Waals surface area contributed by atoms with Gasteiger partial charge in [0.15, 0.2) is 0 Å².